The van der Waals surface area contributed by atoms with Gasteiger partial charge in [-0.15, -0.1) is 0 Å². The third-order valence-electron chi connectivity index (χ3n) is 1.40. The lowest BCUT2D eigenvalue weighted by atomic mass is 10.4. The summed E-state index contributed by atoms with van der Waals surface area (Å²) in [5, 5.41) is 3.86. The van der Waals surface area contributed by atoms with Gasteiger partial charge in [0, 0.05) is 7.05 Å². The van der Waals surface area contributed by atoms with Gasteiger partial charge in [0.05, 0.1) is 9.26 Å². The van der Waals surface area contributed by atoms with Gasteiger partial charge < -0.3 is 0 Å². The summed E-state index contributed by atoms with van der Waals surface area (Å²) in [7, 11) is 1.52. The summed E-state index contributed by atoms with van der Waals surface area (Å²) in [5.74, 6) is 0. The largest absolute Gasteiger partial charge is 0.281 e. The third kappa shape index (κ3) is 1.52. The molecule has 1 aromatic rings. The second kappa shape index (κ2) is 3.04. The fourth-order valence-corrected chi connectivity index (χ4v) is 1.58. The molecule has 0 aliphatic carbocycles. The average molecular weight is 272 g/mol. The van der Waals surface area contributed by atoms with E-state index in [4.69, 9.17) is 0 Å². The summed E-state index contributed by atoms with van der Waals surface area (Å²) < 4.78 is 26.3. The Kier molecular flexibility index (Phi) is 2.46. The van der Waals surface area contributed by atoms with Crippen molar-refractivity contribution in [1.82, 2.24) is 9.78 Å². The lowest BCUT2D eigenvalue weighted by Gasteiger charge is -1.98. The van der Waals surface area contributed by atoms with Gasteiger partial charge in [-0.2, -0.15) is 5.10 Å². The van der Waals surface area contributed by atoms with Gasteiger partial charge in [-0.1, -0.05) is 0 Å². The van der Waals surface area contributed by atoms with Crippen molar-refractivity contribution in [2.24, 2.45) is 7.05 Å². The maximum Gasteiger partial charge on any atom is 0.281 e. The summed E-state index contributed by atoms with van der Waals surface area (Å²) in [6.07, 6.45) is -2.44. The molecule has 1 heterocycles. The molecule has 0 aliphatic rings. The Bertz CT molecular complexity index is 270. The van der Waals surface area contributed by atoms with Crippen molar-refractivity contribution in [3.05, 3.63) is 15.0 Å². The highest BCUT2D eigenvalue weighted by Crippen LogP contribution is 2.25. The summed E-state index contributed by atoms with van der Waals surface area (Å²) in [4.78, 5) is 0. The molecule has 5 heteroatoms. The van der Waals surface area contributed by atoms with Crippen molar-refractivity contribution in [3.63, 3.8) is 0 Å². The minimum Gasteiger partial charge on any atom is -0.265 e. The number of nitrogens with zero attached hydrogens (tertiary/aromatic N) is 2. The Labute approximate surface area is 76.7 Å². The van der Waals surface area contributed by atoms with E-state index in [0.29, 0.717) is 9.26 Å². The normalized spacial score (nSPS) is 11.1. The molecule has 0 aliphatic heterocycles. The highest BCUT2D eigenvalue weighted by atomic mass is 127. The van der Waals surface area contributed by atoms with Crippen LogP contribution in [0.4, 0.5) is 8.78 Å². The molecular weight excluding hydrogens is 265 g/mol. The number of halogens is 3. The van der Waals surface area contributed by atoms with Crippen LogP contribution in [-0.4, -0.2) is 9.78 Å². The molecule has 0 atom stereocenters. The van der Waals surface area contributed by atoms with Crippen LogP contribution in [0.2, 0.25) is 0 Å². The van der Waals surface area contributed by atoms with Crippen LogP contribution < -0.4 is 0 Å². The summed E-state index contributed by atoms with van der Waals surface area (Å²) >= 11 is 1.88. The van der Waals surface area contributed by atoms with Crippen LogP contribution in [0.15, 0.2) is 0 Å². The fraction of sp³-hybridized carbons (Fsp3) is 0.500. The molecule has 0 saturated carbocycles. The topological polar surface area (TPSA) is 17.8 Å². The molecule has 0 spiro atoms. The molecule has 0 aromatic carbocycles. The zero-order chi connectivity index (χ0) is 8.59. The van der Waals surface area contributed by atoms with Crippen LogP contribution in [0.25, 0.3) is 0 Å². The van der Waals surface area contributed by atoms with Crippen LogP contribution in [0, 0.1) is 10.5 Å². The van der Waals surface area contributed by atoms with Crippen molar-refractivity contribution < 1.29 is 8.78 Å². The fourth-order valence-electron chi connectivity index (χ4n) is 0.887. The Morgan fingerprint density at radius 3 is 2.27 bits per heavy atom. The van der Waals surface area contributed by atoms with Crippen molar-refractivity contribution in [1.29, 1.82) is 0 Å². The molecule has 1 aromatic heterocycles. The van der Waals surface area contributed by atoms with Crippen molar-refractivity contribution in [3.8, 4) is 0 Å². The maximum atomic E-state index is 12.2. The van der Waals surface area contributed by atoms with Crippen LogP contribution in [0.5, 0.6) is 0 Å². The molecule has 0 N–H and O–H groups in total. The zero-order valence-corrected chi connectivity index (χ0v) is 8.26. The van der Waals surface area contributed by atoms with Crippen LogP contribution in [-0.2, 0) is 7.05 Å². The molecular formula is C6H7F2IN2. The average Bonchev–Trinajstić information content (AvgIpc) is 2.07. The Morgan fingerprint density at radius 1 is 1.55 bits per heavy atom. The minimum atomic E-state index is -2.44. The first kappa shape index (κ1) is 8.89. The quantitative estimate of drug-likeness (QED) is 0.717. The first-order valence-corrected chi connectivity index (χ1v) is 4.09. The summed E-state index contributed by atoms with van der Waals surface area (Å²) in [6.45, 7) is 1.72. The van der Waals surface area contributed by atoms with Crippen molar-refractivity contribution in [2.75, 3.05) is 0 Å². The number of alkyl halides is 2. The maximum absolute atomic E-state index is 12.2. The van der Waals surface area contributed by atoms with Crippen LogP contribution >= 0.6 is 22.6 Å². The Morgan fingerprint density at radius 2 is 2.09 bits per heavy atom. The first-order valence-electron chi connectivity index (χ1n) is 3.01. The molecule has 11 heavy (non-hydrogen) atoms. The van der Waals surface area contributed by atoms with E-state index >= 15 is 0 Å². The van der Waals surface area contributed by atoms with E-state index in [1.165, 1.54) is 11.7 Å². The lowest BCUT2D eigenvalue weighted by Crippen LogP contribution is -1.99. The van der Waals surface area contributed by atoms with Gasteiger partial charge >= 0.3 is 0 Å². The molecule has 0 amide bonds. The van der Waals surface area contributed by atoms with E-state index in [9.17, 15) is 8.78 Å². The van der Waals surface area contributed by atoms with Crippen LogP contribution in [0.1, 0.15) is 17.8 Å². The van der Waals surface area contributed by atoms with E-state index < -0.39 is 6.43 Å². The van der Waals surface area contributed by atoms with Crippen molar-refractivity contribution >= 4 is 22.6 Å². The highest BCUT2D eigenvalue weighted by molar-refractivity contribution is 14.1. The van der Waals surface area contributed by atoms with Gasteiger partial charge in [0.1, 0.15) is 5.69 Å². The zero-order valence-electron chi connectivity index (χ0n) is 6.11. The lowest BCUT2D eigenvalue weighted by molar-refractivity contribution is 0.140. The smallest absolute Gasteiger partial charge is 0.265 e. The molecule has 0 unspecified atom stereocenters. The standard InChI is InChI=1S/C6H7F2IN2/c1-3-4(9)5(6(7)8)11(2)10-3/h6H,1-2H3. The second-order valence-corrected chi connectivity index (χ2v) is 3.29. The van der Waals surface area contributed by atoms with E-state index in [1.807, 2.05) is 22.6 Å². The van der Waals surface area contributed by atoms with E-state index in [-0.39, 0.29) is 5.69 Å². The van der Waals surface area contributed by atoms with Crippen molar-refractivity contribution in [2.45, 2.75) is 13.3 Å². The molecule has 0 bridgehead atoms. The number of aromatic nitrogens is 2. The van der Waals surface area contributed by atoms with E-state index in [1.54, 1.807) is 6.92 Å². The molecule has 2 nitrogen and oxygen atoms in total. The van der Waals surface area contributed by atoms with Gasteiger partial charge in [-0.3, -0.25) is 4.68 Å². The second-order valence-electron chi connectivity index (χ2n) is 2.21. The number of rotatable bonds is 1. The van der Waals surface area contributed by atoms with Gasteiger partial charge in [0.15, 0.2) is 0 Å². The summed E-state index contributed by atoms with van der Waals surface area (Å²) in [5.41, 5.74) is 0.659. The van der Waals surface area contributed by atoms with Gasteiger partial charge in [-0.05, 0) is 29.5 Å². The molecule has 62 valence electrons. The first-order chi connectivity index (χ1) is 5.04. The highest BCUT2D eigenvalue weighted by Gasteiger charge is 2.18. The molecule has 0 fully saturated rings. The predicted molar refractivity (Wildman–Crippen MR) is 45.6 cm³/mol. The van der Waals surface area contributed by atoms with Gasteiger partial charge in [0.25, 0.3) is 6.43 Å². The SMILES string of the molecule is Cc1nn(C)c(C(F)F)c1I. The monoisotopic (exact) mass is 272 g/mol. The predicted octanol–water partition coefficient (Wildman–Crippen LogP) is 2.27. The Balaban J connectivity index is 3.22. The van der Waals surface area contributed by atoms with E-state index in [2.05, 4.69) is 5.10 Å². The molecule has 0 saturated heterocycles. The number of hydrogen-bond acceptors (Lipinski definition) is 1. The molecule has 0 radical (unpaired) electrons. The third-order valence-corrected chi connectivity index (χ3v) is 2.73. The summed E-state index contributed by atoms with van der Waals surface area (Å²) in [6, 6.07) is 0. The number of aryl methyl sites for hydroxylation is 2. The van der Waals surface area contributed by atoms with Gasteiger partial charge in [-0.25, -0.2) is 8.78 Å². The van der Waals surface area contributed by atoms with Crippen LogP contribution in [0.3, 0.4) is 0 Å². The minimum absolute atomic E-state index is 0.00287. The molecule has 1 rings (SSSR count). The van der Waals surface area contributed by atoms with Gasteiger partial charge in [0.2, 0.25) is 0 Å². The number of hydrogen-bond donors (Lipinski definition) is 0. The Hall–Kier alpha value is -0.200. The van der Waals surface area contributed by atoms with E-state index in [0.717, 1.165) is 0 Å².